The maximum absolute atomic E-state index is 13.3. The van der Waals surface area contributed by atoms with E-state index in [0.717, 1.165) is 10.9 Å². The number of rotatable bonds is 8. The van der Waals surface area contributed by atoms with Crippen molar-refractivity contribution in [3.63, 3.8) is 0 Å². The van der Waals surface area contributed by atoms with E-state index in [1.807, 2.05) is 74.5 Å². The van der Waals surface area contributed by atoms with Crippen LogP contribution in [0.4, 0.5) is 5.88 Å². The van der Waals surface area contributed by atoms with Crippen molar-refractivity contribution in [1.82, 2.24) is 15.1 Å². The fourth-order valence-electron chi connectivity index (χ4n) is 3.87. The number of hydrogen-bond acceptors (Lipinski definition) is 7. The highest BCUT2D eigenvalue weighted by Crippen LogP contribution is 2.33. The van der Waals surface area contributed by atoms with Crippen molar-refractivity contribution in [2.24, 2.45) is 0 Å². The predicted octanol–water partition coefficient (Wildman–Crippen LogP) is 6.00. The molecule has 8 nitrogen and oxygen atoms in total. The summed E-state index contributed by atoms with van der Waals surface area (Å²) in [5, 5.41) is 7.67. The lowest BCUT2D eigenvalue weighted by Gasteiger charge is -2.11. The molecule has 1 amide bonds. The number of benzene rings is 2. The van der Waals surface area contributed by atoms with Gasteiger partial charge in [0, 0.05) is 23.2 Å². The van der Waals surface area contributed by atoms with E-state index < -0.39 is 0 Å². The zero-order chi connectivity index (χ0) is 24.9. The van der Waals surface area contributed by atoms with Crippen LogP contribution in [-0.4, -0.2) is 34.2 Å². The number of carbonyl (C=O) groups excluding carboxylic acids is 1. The minimum atomic E-state index is -0.338. The van der Waals surface area contributed by atoms with Crippen LogP contribution in [0, 0.1) is 0 Å². The van der Waals surface area contributed by atoms with Gasteiger partial charge in [-0.15, -0.1) is 0 Å². The van der Waals surface area contributed by atoms with Gasteiger partial charge in [0.15, 0.2) is 11.5 Å². The Hall–Kier alpha value is -4.72. The van der Waals surface area contributed by atoms with E-state index in [1.165, 1.54) is 0 Å². The maximum Gasteiger partial charge on any atom is 0.258 e. The first-order valence-electron chi connectivity index (χ1n) is 11.7. The van der Waals surface area contributed by atoms with Crippen molar-refractivity contribution in [2.45, 2.75) is 13.8 Å². The van der Waals surface area contributed by atoms with Crippen LogP contribution in [0.15, 0.2) is 83.5 Å². The molecule has 0 aliphatic heterocycles. The summed E-state index contributed by atoms with van der Waals surface area (Å²) >= 11 is 0. The monoisotopic (exact) mass is 480 g/mol. The van der Waals surface area contributed by atoms with Gasteiger partial charge in [0.25, 0.3) is 5.91 Å². The zero-order valence-corrected chi connectivity index (χ0v) is 19.9. The van der Waals surface area contributed by atoms with Crippen LogP contribution in [0.1, 0.15) is 24.2 Å². The van der Waals surface area contributed by atoms with E-state index in [-0.39, 0.29) is 11.8 Å². The second-order valence-electron chi connectivity index (χ2n) is 7.85. The van der Waals surface area contributed by atoms with Crippen LogP contribution >= 0.6 is 0 Å². The average molecular weight is 481 g/mol. The molecule has 3 aromatic heterocycles. The molecule has 180 valence electrons. The van der Waals surface area contributed by atoms with Gasteiger partial charge in [0.1, 0.15) is 5.69 Å². The van der Waals surface area contributed by atoms with Gasteiger partial charge in [-0.2, -0.15) is 0 Å². The number of nitrogens with one attached hydrogen (secondary N) is 1. The molecule has 0 aliphatic rings. The van der Waals surface area contributed by atoms with Crippen LogP contribution < -0.4 is 14.8 Å². The Morgan fingerprint density at radius 2 is 1.67 bits per heavy atom. The third-order valence-electron chi connectivity index (χ3n) is 5.47. The minimum Gasteiger partial charge on any atom is -0.490 e. The van der Waals surface area contributed by atoms with Gasteiger partial charge in [-0.25, -0.2) is 4.98 Å². The minimum absolute atomic E-state index is 0.224. The van der Waals surface area contributed by atoms with Gasteiger partial charge < -0.3 is 14.0 Å². The van der Waals surface area contributed by atoms with Gasteiger partial charge in [0.05, 0.1) is 35.7 Å². The number of amides is 1. The standard InChI is InChI=1S/C28H24N4O4/c1-3-34-25-13-12-18(15-26(25)35-4-2)23-17-27(36-32-23)31-28(33)20-16-24(22-11-7-8-14-29-22)30-21-10-6-5-9-19(20)21/h5-17H,3-4H2,1-2H3,(H,31,33). The Morgan fingerprint density at radius 1 is 0.861 bits per heavy atom. The van der Waals surface area contributed by atoms with Gasteiger partial charge >= 0.3 is 0 Å². The molecular formula is C28H24N4O4. The van der Waals surface area contributed by atoms with Crippen molar-refractivity contribution < 1.29 is 18.8 Å². The van der Waals surface area contributed by atoms with E-state index in [0.29, 0.717) is 52.9 Å². The lowest BCUT2D eigenvalue weighted by atomic mass is 10.1. The fourth-order valence-corrected chi connectivity index (χ4v) is 3.87. The second-order valence-corrected chi connectivity index (χ2v) is 7.85. The molecule has 0 saturated heterocycles. The van der Waals surface area contributed by atoms with Gasteiger partial charge in [-0.05, 0) is 56.3 Å². The van der Waals surface area contributed by atoms with E-state index in [1.54, 1.807) is 18.3 Å². The number of ether oxygens (including phenoxy) is 2. The molecule has 0 unspecified atom stereocenters. The zero-order valence-electron chi connectivity index (χ0n) is 19.9. The highest BCUT2D eigenvalue weighted by molar-refractivity contribution is 6.12. The SMILES string of the molecule is CCOc1ccc(-c2cc(NC(=O)c3cc(-c4ccccn4)nc4ccccc34)on2)cc1OCC. The number of pyridine rings is 2. The molecule has 0 atom stereocenters. The Kier molecular flexibility index (Phi) is 6.57. The Labute approximate surface area is 207 Å². The van der Waals surface area contributed by atoms with Crippen LogP contribution in [0.2, 0.25) is 0 Å². The summed E-state index contributed by atoms with van der Waals surface area (Å²) in [6, 6.07) is 22.0. The van der Waals surface area contributed by atoms with Crippen LogP contribution in [0.25, 0.3) is 33.5 Å². The summed E-state index contributed by atoms with van der Waals surface area (Å²) in [6.45, 7) is 4.87. The summed E-state index contributed by atoms with van der Waals surface area (Å²) in [4.78, 5) is 22.4. The molecule has 5 rings (SSSR count). The van der Waals surface area contributed by atoms with Gasteiger partial charge in [-0.3, -0.25) is 15.1 Å². The number of nitrogens with zero attached hydrogens (tertiary/aromatic N) is 3. The van der Waals surface area contributed by atoms with Crippen molar-refractivity contribution in [1.29, 1.82) is 0 Å². The lowest BCUT2D eigenvalue weighted by molar-refractivity contribution is 0.102. The first kappa shape index (κ1) is 23.0. The number of hydrogen-bond donors (Lipinski definition) is 1. The molecule has 36 heavy (non-hydrogen) atoms. The van der Waals surface area contributed by atoms with E-state index in [4.69, 9.17) is 14.0 Å². The normalized spacial score (nSPS) is 10.8. The van der Waals surface area contributed by atoms with Gasteiger partial charge in [0.2, 0.25) is 5.88 Å². The van der Waals surface area contributed by atoms with Crippen molar-refractivity contribution >= 4 is 22.7 Å². The van der Waals surface area contributed by atoms with E-state index in [9.17, 15) is 4.79 Å². The maximum atomic E-state index is 13.3. The summed E-state index contributed by atoms with van der Waals surface area (Å²) < 4.78 is 16.8. The summed E-state index contributed by atoms with van der Waals surface area (Å²) in [7, 11) is 0. The summed E-state index contributed by atoms with van der Waals surface area (Å²) in [5.41, 5.74) is 3.78. The molecule has 1 N–H and O–H groups in total. The molecule has 0 saturated carbocycles. The molecule has 0 spiro atoms. The molecule has 2 aromatic carbocycles. The van der Waals surface area contributed by atoms with Crippen LogP contribution in [-0.2, 0) is 0 Å². The second kappa shape index (κ2) is 10.3. The number of fused-ring (bicyclic) bond motifs is 1. The molecular weight excluding hydrogens is 456 g/mol. The Morgan fingerprint density at radius 3 is 2.47 bits per heavy atom. The molecule has 0 fully saturated rings. The third-order valence-corrected chi connectivity index (χ3v) is 5.47. The van der Waals surface area contributed by atoms with Crippen LogP contribution in [0.3, 0.4) is 0 Å². The predicted molar refractivity (Wildman–Crippen MR) is 137 cm³/mol. The Balaban J connectivity index is 1.44. The molecule has 0 bridgehead atoms. The molecule has 3 heterocycles. The van der Waals surface area contributed by atoms with Crippen molar-refractivity contribution in [3.8, 4) is 34.1 Å². The van der Waals surface area contributed by atoms with Gasteiger partial charge in [-0.1, -0.05) is 29.4 Å². The number of carbonyl (C=O) groups is 1. The summed E-state index contributed by atoms with van der Waals surface area (Å²) in [6.07, 6.45) is 1.69. The third kappa shape index (κ3) is 4.74. The van der Waals surface area contributed by atoms with Crippen molar-refractivity contribution in [3.05, 3.63) is 84.6 Å². The van der Waals surface area contributed by atoms with Crippen molar-refractivity contribution in [2.75, 3.05) is 18.5 Å². The number of para-hydroxylation sites is 1. The molecule has 0 radical (unpaired) electrons. The topological polar surface area (TPSA) is 99.4 Å². The van der Waals surface area contributed by atoms with E-state index >= 15 is 0 Å². The quantitative estimate of drug-likeness (QED) is 0.291. The molecule has 5 aromatic rings. The first-order valence-corrected chi connectivity index (χ1v) is 11.7. The van der Waals surface area contributed by atoms with Crippen LogP contribution in [0.5, 0.6) is 11.5 Å². The smallest absolute Gasteiger partial charge is 0.258 e. The fraction of sp³-hybridized carbons (Fsp3) is 0.143. The molecule has 8 heteroatoms. The lowest BCUT2D eigenvalue weighted by Crippen LogP contribution is -2.12. The average Bonchev–Trinajstić information content (AvgIpc) is 3.38. The Bertz CT molecular complexity index is 1520. The highest BCUT2D eigenvalue weighted by atomic mass is 16.5. The number of aromatic nitrogens is 3. The first-order chi connectivity index (χ1) is 17.7. The highest BCUT2D eigenvalue weighted by Gasteiger charge is 2.17. The summed E-state index contributed by atoms with van der Waals surface area (Å²) in [5.74, 6) is 1.17. The molecule has 0 aliphatic carbocycles. The number of anilines is 1. The largest absolute Gasteiger partial charge is 0.490 e. The van der Waals surface area contributed by atoms with E-state index in [2.05, 4.69) is 20.4 Å².